The van der Waals surface area contributed by atoms with Gasteiger partial charge in [-0.3, -0.25) is 14.5 Å². The van der Waals surface area contributed by atoms with Gasteiger partial charge < -0.3 is 25.0 Å². The van der Waals surface area contributed by atoms with E-state index in [9.17, 15) is 27.5 Å². The van der Waals surface area contributed by atoms with Crippen molar-refractivity contribution in [3.05, 3.63) is 87.2 Å². The number of aliphatic hydroxyl groups is 1. The van der Waals surface area contributed by atoms with E-state index < -0.39 is 27.0 Å². The Kier molecular flexibility index (Phi) is 8.60. The number of allylic oxidation sites excluding steroid dienone is 2. The molecule has 0 bridgehead atoms. The highest BCUT2D eigenvalue weighted by molar-refractivity contribution is 7.91. The number of carbonyl (C=O) groups is 2. The molecule has 4 heterocycles. The van der Waals surface area contributed by atoms with Crippen LogP contribution in [0.2, 0.25) is 0 Å². The van der Waals surface area contributed by atoms with E-state index in [0.29, 0.717) is 72.0 Å². The fraction of sp³-hybridized carbons (Fsp3) is 0.438. The number of hydrogen-bond donors (Lipinski definition) is 3. The molecule has 2 aromatic rings. The number of aliphatic hydroxyl groups excluding tert-OH is 1. The predicted octanol–water partition coefficient (Wildman–Crippen LogP) is 2.25. The number of aromatic amines is 1. The number of sulfone groups is 1. The molecule has 1 unspecified atom stereocenters. The number of amides is 2. The summed E-state index contributed by atoms with van der Waals surface area (Å²) in [6.45, 7) is 5.86. The van der Waals surface area contributed by atoms with Gasteiger partial charge in [0.2, 0.25) is 0 Å². The lowest BCUT2D eigenvalue weighted by Gasteiger charge is -2.31. The summed E-state index contributed by atoms with van der Waals surface area (Å²) in [5, 5.41) is 12.8. The Hall–Kier alpha value is -3.58. The quantitative estimate of drug-likeness (QED) is 0.384. The maximum atomic E-state index is 13.7. The van der Waals surface area contributed by atoms with Crippen molar-refractivity contribution in [2.75, 3.05) is 45.9 Å². The fourth-order valence-electron chi connectivity index (χ4n) is 6.39. The van der Waals surface area contributed by atoms with Crippen LogP contribution in [0, 0.1) is 12.7 Å². The molecule has 2 amide bonds. The highest BCUT2D eigenvalue weighted by Gasteiger charge is 2.35. The number of morpholine rings is 1. The van der Waals surface area contributed by atoms with Crippen molar-refractivity contribution in [3.63, 3.8) is 0 Å². The first-order valence-corrected chi connectivity index (χ1v) is 16.7. The zero-order chi connectivity index (χ0) is 31.0. The summed E-state index contributed by atoms with van der Waals surface area (Å²) < 4.78 is 45.3. The van der Waals surface area contributed by atoms with E-state index in [2.05, 4.69) is 15.2 Å². The third kappa shape index (κ3) is 6.30. The number of H-pyrrole nitrogens is 1. The second-order valence-electron chi connectivity index (χ2n) is 11.9. The van der Waals surface area contributed by atoms with E-state index in [0.717, 1.165) is 25.2 Å². The van der Waals surface area contributed by atoms with Gasteiger partial charge in [0.1, 0.15) is 5.82 Å². The molecule has 6 rings (SSSR count). The number of ether oxygens (including phenoxy) is 1. The van der Waals surface area contributed by atoms with Crippen molar-refractivity contribution >= 4 is 27.7 Å². The molecule has 0 spiro atoms. The molecule has 3 aliphatic heterocycles. The Morgan fingerprint density at radius 2 is 1.89 bits per heavy atom. The van der Waals surface area contributed by atoms with Crippen LogP contribution in [0.1, 0.15) is 45.7 Å². The summed E-state index contributed by atoms with van der Waals surface area (Å²) in [7, 11) is -3.65. The second-order valence-corrected chi connectivity index (χ2v) is 14.1. The van der Waals surface area contributed by atoms with E-state index in [1.165, 1.54) is 24.3 Å². The molecule has 3 N–H and O–H groups in total. The van der Waals surface area contributed by atoms with Gasteiger partial charge in [-0.05, 0) is 55.5 Å². The lowest BCUT2D eigenvalue weighted by molar-refractivity contribution is -0.115. The minimum Gasteiger partial charge on any atom is -0.390 e. The number of fused-ring (bicyclic) bond motifs is 2. The Bertz CT molecular complexity index is 1650. The molecule has 1 aromatic carbocycles. The molecule has 0 radical (unpaired) electrons. The number of benzene rings is 1. The molecular weight excluding hydrogens is 587 g/mol. The van der Waals surface area contributed by atoms with Crippen LogP contribution in [0.4, 0.5) is 4.39 Å². The summed E-state index contributed by atoms with van der Waals surface area (Å²) >= 11 is 0. The smallest absolute Gasteiger partial charge is 0.256 e. The minimum absolute atomic E-state index is 0.155. The van der Waals surface area contributed by atoms with E-state index in [4.69, 9.17) is 4.74 Å². The average molecular weight is 625 g/mol. The zero-order valence-corrected chi connectivity index (χ0v) is 25.5. The lowest BCUT2D eigenvalue weighted by atomic mass is 9.98. The SMILES string of the molecule is Cc1c(/C=C2\C(=O)NC3=CCC(S(=O)(=O)Cc4ccc(F)cc4)C=C32)[nH]c2c1C(=O)N(C[C@H](O)CN1CCOCC1)CCC2. The summed E-state index contributed by atoms with van der Waals surface area (Å²) in [6.07, 6.45) is 5.93. The predicted molar refractivity (Wildman–Crippen MR) is 163 cm³/mol. The third-order valence-corrected chi connectivity index (χ3v) is 10.7. The van der Waals surface area contributed by atoms with Crippen LogP contribution in [-0.4, -0.2) is 97.4 Å². The molecule has 2 fully saturated rings. The van der Waals surface area contributed by atoms with Crippen LogP contribution in [0.3, 0.4) is 0 Å². The van der Waals surface area contributed by atoms with Crippen molar-refractivity contribution in [1.82, 2.24) is 20.1 Å². The molecule has 10 nitrogen and oxygen atoms in total. The molecule has 1 aliphatic carbocycles. The van der Waals surface area contributed by atoms with Crippen LogP contribution >= 0.6 is 0 Å². The standard InChI is InChI=1S/C32H37FN4O6S/c1-20-29(34-28-3-2-10-37(32(40)30(20)28)18-23(38)17-36-11-13-43-14-12-36)16-26-25-15-24(8-9-27(25)35-31(26)39)44(41,42)19-21-4-6-22(33)7-5-21/h4-7,9,15-16,23-24,34,38H,2-3,8,10-14,17-19H2,1H3,(H,35,39)/b26-16-/t23-,24?/m1/s1. The zero-order valence-electron chi connectivity index (χ0n) is 24.6. The van der Waals surface area contributed by atoms with Gasteiger partial charge in [-0.2, -0.15) is 0 Å². The Morgan fingerprint density at radius 1 is 1.14 bits per heavy atom. The van der Waals surface area contributed by atoms with Crippen molar-refractivity contribution in [2.45, 2.75) is 43.3 Å². The molecule has 12 heteroatoms. The largest absolute Gasteiger partial charge is 0.390 e. The van der Waals surface area contributed by atoms with Crippen LogP contribution in [0.15, 0.2) is 53.3 Å². The minimum atomic E-state index is -3.65. The Morgan fingerprint density at radius 3 is 2.64 bits per heavy atom. The second kappa shape index (κ2) is 12.4. The highest BCUT2D eigenvalue weighted by Crippen LogP contribution is 2.35. The van der Waals surface area contributed by atoms with Crippen molar-refractivity contribution in [2.24, 2.45) is 0 Å². The van der Waals surface area contributed by atoms with E-state index >= 15 is 0 Å². The number of rotatable bonds is 8. The van der Waals surface area contributed by atoms with Gasteiger partial charge >= 0.3 is 0 Å². The molecule has 234 valence electrons. The van der Waals surface area contributed by atoms with E-state index in [-0.39, 0.29) is 30.5 Å². The molecule has 2 saturated heterocycles. The number of β-amino-alcohol motifs (C(OH)–C–C–N with tert-alkyl or cyclic N) is 1. The summed E-state index contributed by atoms with van der Waals surface area (Å²) in [5.41, 5.74) is 4.55. The van der Waals surface area contributed by atoms with Gasteiger partial charge in [0.25, 0.3) is 11.8 Å². The molecular formula is C32H37FN4O6S. The lowest BCUT2D eigenvalue weighted by Crippen LogP contribution is -2.46. The van der Waals surface area contributed by atoms with E-state index in [1.54, 1.807) is 23.1 Å². The molecule has 4 aliphatic rings. The van der Waals surface area contributed by atoms with Gasteiger partial charge in [-0.25, -0.2) is 12.8 Å². The number of nitrogens with zero attached hydrogens (tertiary/aromatic N) is 2. The number of halogens is 1. The van der Waals surface area contributed by atoms with Gasteiger partial charge in [0.05, 0.1) is 41.5 Å². The Balaban J connectivity index is 1.23. The molecule has 2 atom stereocenters. The maximum absolute atomic E-state index is 13.7. The summed E-state index contributed by atoms with van der Waals surface area (Å²) in [4.78, 5) is 34.0. The first kappa shape index (κ1) is 30.4. The molecule has 44 heavy (non-hydrogen) atoms. The fourth-order valence-corrected chi connectivity index (χ4v) is 7.99. The number of aryl methyl sites for hydroxylation is 1. The van der Waals surface area contributed by atoms with Gasteiger partial charge in [-0.15, -0.1) is 0 Å². The van der Waals surface area contributed by atoms with Crippen LogP contribution in [0.5, 0.6) is 0 Å². The number of carbonyl (C=O) groups excluding carboxylic acids is 2. The number of nitrogens with one attached hydrogen (secondary N) is 2. The van der Waals surface area contributed by atoms with Crippen LogP contribution < -0.4 is 5.32 Å². The Labute approximate surface area is 256 Å². The first-order valence-electron chi connectivity index (χ1n) is 15.0. The highest BCUT2D eigenvalue weighted by atomic mass is 32.2. The summed E-state index contributed by atoms with van der Waals surface area (Å²) in [5.74, 6) is -1.18. The van der Waals surface area contributed by atoms with Crippen molar-refractivity contribution in [1.29, 1.82) is 0 Å². The topological polar surface area (TPSA) is 132 Å². The molecule has 0 saturated carbocycles. The third-order valence-electron chi connectivity index (χ3n) is 8.74. The molecule has 1 aromatic heterocycles. The van der Waals surface area contributed by atoms with Crippen molar-refractivity contribution < 1.29 is 32.2 Å². The van der Waals surface area contributed by atoms with Gasteiger partial charge in [0.15, 0.2) is 9.84 Å². The van der Waals surface area contributed by atoms with Crippen molar-refractivity contribution in [3.8, 4) is 0 Å². The normalized spacial score (nSPS) is 22.7. The monoisotopic (exact) mass is 624 g/mol. The summed E-state index contributed by atoms with van der Waals surface area (Å²) in [6, 6.07) is 5.39. The average Bonchev–Trinajstić information content (AvgIpc) is 3.42. The maximum Gasteiger partial charge on any atom is 0.256 e. The van der Waals surface area contributed by atoms with Crippen LogP contribution in [-0.2, 0) is 31.5 Å². The van der Waals surface area contributed by atoms with E-state index in [1.807, 2.05) is 6.92 Å². The van der Waals surface area contributed by atoms with Gasteiger partial charge in [-0.1, -0.05) is 24.3 Å². The van der Waals surface area contributed by atoms with Crippen LogP contribution in [0.25, 0.3) is 6.08 Å². The number of aromatic nitrogens is 1. The number of hydrogen-bond acceptors (Lipinski definition) is 7. The first-order chi connectivity index (χ1) is 21.1. The van der Waals surface area contributed by atoms with Gasteiger partial charge in [0, 0.05) is 55.4 Å².